The van der Waals surface area contributed by atoms with Gasteiger partial charge in [0.25, 0.3) is 0 Å². The molecule has 0 aromatic heterocycles. The highest BCUT2D eigenvalue weighted by Crippen LogP contribution is 2.45. The number of hydrogen-bond donors (Lipinski definition) is 0. The fourth-order valence-electron chi connectivity index (χ4n) is 5.12. The molecular formula is C24H27NO4. The van der Waals surface area contributed by atoms with E-state index < -0.39 is 0 Å². The van der Waals surface area contributed by atoms with Gasteiger partial charge in [0.2, 0.25) is 6.79 Å². The highest BCUT2D eigenvalue weighted by molar-refractivity contribution is 5.53. The summed E-state index contributed by atoms with van der Waals surface area (Å²) in [6.07, 6.45) is 5.97. The third-order valence-corrected chi connectivity index (χ3v) is 7.07. The highest BCUT2D eigenvalue weighted by atomic mass is 16.7. The Bertz CT molecular complexity index is 952. The molecular weight excluding hydrogens is 366 g/mol. The summed E-state index contributed by atoms with van der Waals surface area (Å²) in [7, 11) is 1.75. The Balaban J connectivity index is 1.31. The molecule has 0 bridgehead atoms. The maximum atomic E-state index is 6.17. The first-order valence-electron chi connectivity index (χ1n) is 10.8. The lowest BCUT2D eigenvalue weighted by molar-refractivity contribution is 0.158. The van der Waals surface area contributed by atoms with Gasteiger partial charge in [-0.25, -0.2) is 0 Å². The summed E-state index contributed by atoms with van der Waals surface area (Å²) < 4.78 is 23.1. The fourth-order valence-corrected chi connectivity index (χ4v) is 5.12. The lowest BCUT2D eigenvalue weighted by atomic mass is 9.83. The van der Waals surface area contributed by atoms with Gasteiger partial charge in [-0.2, -0.15) is 0 Å². The van der Waals surface area contributed by atoms with Gasteiger partial charge in [0, 0.05) is 19.1 Å². The molecule has 2 aromatic rings. The van der Waals surface area contributed by atoms with Gasteiger partial charge in [0.05, 0.1) is 13.7 Å². The van der Waals surface area contributed by atoms with Crippen LogP contribution in [0.5, 0.6) is 23.0 Å². The van der Waals surface area contributed by atoms with Gasteiger partial charge < -0.3 is 18.9 Å². The molecule has 4 aliphatic rings. The van der Waals surface area contributed by atoms with Crippen molar-refractivity contribution in [2.45, 2.75) is 44.7 Å². The molecule has 1 fully saturated rings. The van der Waals surface area contributed by atoms with Crippen LogP contribution in [0, 0.1) is 5.92 Å². The third-order valence-electron chi connectivity index (χ3n) is 7.07. The van der Waals surface area contributed by atoms with Crippen molar-refractivity contribution in [3.05, 3.63) is 46.5 Å². The molecule has 0 spiro atoms. The van der Waals surface area contributed by atoms with Gasteiger partial charge >= 0.3 is 0 Å². The van der Waals surface area contributed by atoms with Crippen molar-refractivity contribution in [3.8, 4) is 23.0 Å². The predicted octanol–water partition coefficient (Wildman–Crippen LogP) is 4.26. The average molecular weight is 393 g/mol. The second-order valence-electron chi connectivity index (χ2n) is 8.72. The smallest absolute Gasteiger partial charge is 0.231 e. The predicted molar refractivity (Wildman–Crippen MR) is 109 cm³/mol. The van der Waals surface area contributed by atoms with E-state index in [-0.39, 0.29) is 0 Å². The quantitative estimate of drug-likeness (QED) is 0.776. The standard InChI is InChI=1S/C24H27NO4/c1-26-21-11-19-16(8-22(21)27-13-15-3-2-4-15)5-6-25-12-18-10-24-23(28-14-29-24)9-17(18)7-20(19)25/h8-11,15,20H,2-7,12-14H2,1H3. The molecule has 0 saturated heterocycles. The Morgan fingerprint density at radius 1 is 1.00 bits per heavy atom. The van der Waals surface area contributed by atoms with Crippen LogP contribution in [0.1, 0.15) is 47.6 Å². The van der Waals surface area contributed by atoms with E-state index in [1.54, 1.807) is 7.11 Å². The van der Waals surface area contributed by atoms with Crippen molar-refractivity contribution >= 4 is 0 Å². The number of methoxy groups -OCH3 is 1. The van der Waals surface area contributed by atoms with Crippen molar-refractivity contribution in [3.63, 3.8) is 0 Å². The van der Waals surface area contributed by atoms with Crippen molar-refractivity contribution in [1.29, 1.82) is 0 Å². The van der Waals surface area contributed by atoms with Crippen LogP contribution < -0.4 is 18.9 Å². The summed E-state index contributed by atoms with van der Waals surface area (Å²) in [5, 5.41) is 0. The SMILES string of the molecule is COc1cc2c(cc1OCC1CCC1)CCN1Cc3cc4c(cc3CC21)OCO4. The number of hydrogen-bond acceptors (Lipinski definition) is 5. The molecule has 1 atom stereocenters. The second kappa shape index (κ2) is 6.84. The summed E-state index contributed by atoms with van der Waals surface area (Å²) in [6, 6.07) is 9.18. The summed E-state index contributed by atoms with van der Waals surface area (Å²) >= 11 is 0. The molecule has 3 heterocycles. The molecule has 1 unspecified atom stereocenters. The molecule has 29 heavy (non-hydrogen) atoms. The summed E-state index contributed by atoms with van der Waals surface area (Å²) in [6.45, 7) is 3.17. The lowest BCUT2D eigenvalue weighted by Crippen LogP contribution is -2.39. The first-order chi connectivity index (χ1) is 14.3. The second-order valence-corrected chi connectivity index (χ2v) is 8.72. The lowest BCUT2D eigenvalue weighted by Gasteiger charge is -2.41. The molecule has 1 aliphatic carbocycles. The van der Waals surface area contributed by atoms with Gasteiger partial charge in [-0.15, -0.1) is 0 Å². The van der Waals surface area contributed by atoms with E-state index in [0.29, 0.717) is 18.8 Å². The largest absolute Gasteiger partial charge is 0.493 e. The number of benzene rings is 2. The van der Waals surface area contributed by atoms with Crippen LogP contribution >= 0.6 is 0 Å². The van der Waals surface area contributed by atoms with E-state index in [4.69, 9.17) is 18.9 Å². The minimum absolute atomic E-state index is 0.328. The Hall–Kier alpha value is -2.40. The highest BCUT2D eigenvalue weighted by Gasteiger charge is 2.34. The first-order valence-corrected chi connectivity index (χ1v) is 10.8. The monoisotopic (exact) mass is 393 g/mol. The Labute approximate surface area is 171 Å². The minimum atomic E-state index is 0.328. The van der Waals surface area contributed by atoms with Crippen molar-refractivity contribution in [2.75, 3.05) is 27.1 Å². The van der Waals surface area contributed by atoms with Gasteiger partial charge in [-0.1, -0.05) is 6.42 Å². The maximum Gasteiger partial charge on any atom is 0.231 e. The molecule has 5 heteroatoms. The minimum Gasteiger partial charge on any atom is -0.493 e. The molecule has 0 N–H and O–H groups in total. The number of nitrogens with zero attached hydrogens (tertiary/aromatic N) is 1. The summed E-state index contributed by atoms with van der Waals surface area (Å²) in [5.74, 6) is 4.25. The topological polar surface area (TPSA) is 40.2 Å². The third kappa shape index (κ3) is 2.94. The van der Waals surface area contributed by atoms with Crippen LogP contribution in [-0.4, -0.2) is 32.0 Å². The zero-order valence-electron chi connectivity index (χ0n) is 16.9. The molecule has 0 amide bonds. The van der Waals surface area contributed by atoms with Crippen LogP contribution in [-0.2, 0) is 19.4 Å². The molecule has 6 rings (SSSR count). The normalized spacial score (nSPS) is 22.3. The van der Waals surface area contributed by atoms with Crippen molar-refractivity contribution in [2.24, 2.45) is 5.92 Å². The fraction of sp³-hybridized carbons (Fsp3) is 0.500. The Morgan fingerprint density at radius 2 is 1.83 bits per heavy atom. The Kier molecular flexibility index (Phi) is 4.12. The Morgan fingerprint density at radius 3 is 2.59 bits per heavy atom. The van der Waals surface area contributed by atoms with E-state index in [2.05, 4.69) is 29.2 Å². The number of rotatable bonds is 4. The number of fused-ring (bicyclic) bond motifs is 5. The van der Waals surface area contributed by atoms with E-state index in [1.165, 1.54) is 41.5 Å². The van der Waals surface area contributed by atoms with E-state index >= 15 is 0 Å². The first kappa shape index (κ1) is 17.5. The van der Waals surface area contributed by atoms with Crippen LogP contribution in [0.4, 0.5) is 0 Å². The average Bonchev–Trinajstić information content (AvgIpc) is 3.16. The molecule has 3 aliphatic heterocycles. The van der Waals surface area contributed by atoms with Crippen molar-refractivity contribution in [1.82, 2.24) is 4.90 Å². The molecule has 1 saturated carbocycles. The van der Waals surface area contributed by atoms with Gasteiger partial charge in [0.1, 0.15) is 0 Å². The number of ether oxygens (including phenoxy) is 4. The van der Waals surface area contributed by atoms with Crippen molar-refractivity contribution < 1.29 is 18.9 Å². The zero-order valence-corrected chi connectivity index (χ0v) is 16.9. The molecule has 0 radical (unpaired) electrons. The van der Waals surface area contributed by atoms with Gasteiger partial charge in [0.15, 0.2) is 23.0 Å². The van der Waals surface area contributed by atoms with E-state index in [0.717, 1.165) is 55.5 Å². The van der Waals surface area contributed by atoms with Gasteiger partial charge in [-0.3, -0.25) is 4.90 Å². The summed E-state index contributed by atoms with van der Waals surface area (Å²) in [5.41, 5.74) is 5.52. The van der Waals surface area contributed by atoms with Crippen LogP contribution in [0.2, 0.25) is 0 Å². The molecule has 152 valence electrons. The van der Waals surface area contributed by atoms with E-state index in [1.807, 2.05) is 0 Å². The van der Waals surface area contributed by atoms with Crippen LogP contribution in [0.15, 0.2) is 24.3 Å². The molecule has 5 nitrogen and oxygen atoms in total. The van der Waals surface area contributed by atoms with Crippen LogP contribution in [0.3, 0.4) is 0 Å². The molecule has 2 aromatic carbocycles. The van der Waals surface area contributed by atoms with E-state index in [9.17, 15) is 0 Å². The zero-order chi connectivity index (χ0) is 19.4. The maximum absolute atomic E-state index is 6.17. The van der Waals surface area contributed by atoms with Crippen LogP contribution in [0.25, 0.3) is 0 Å². The summed E-state index contributed by atoms with van der Waals surface area (Å²) in [4.78, 5) is 2.58. The van der Waals surface area contributed by atoms with Gasteiger partial charge in [-0.05, 0) is 78.1 Å².